The second-order valence-corrected chi connectivity index (χ2v) is 8.48. The Balaban J connectivity index is 1.64. The molecule has 0 saturated heterocycles. The van der Waals surface area contributed by atoms with E-state index in [9.17, 15) is 22.8 Å². The number of nitrogens with zero attached hydrogens (tertiary/aromatic N) is 3. The number of ketones is 1. The highest BCUT2D eigenvalue weighted by Crippen LogP contribution is 2.34. The van der Waals surface area contributed by atoms with Crippen molar-refractivity contribution in [1.29, 1.82) is 0 Å². The van der Waals surface area contributed by atoms with Gasteiger partial charge in [0.15, 0.2) is 5.78 Å². The van der Waals surface area contributed by atoms with Gasteiger partial charge in [0.25, 0.3) is 0 Å². The molecule has 10 heteroatoms. The van der Waals surface area contributed by atoms with Crippen LogP contribution in [0.2, 0.25) is 0 Å². The summed E-state index contributed by atoms with van der Waals surface area (Å²) in [5.41, 5.74) is 1.02. The standard InChI is InChI=1S/C25H16F3N3O3S/c1-15(32)18-6-4-16(5-7-18)2-3-17-8-19(10-21(9-17)25(26,27)28)22-14-35-23(30-22)13-31-12-20(11-29-31)24(33)34/h4-12,14H,13H2,1H3,(H,33,34). The predicted octanol–water partition coefficient (Wildman–Crippen LogP) is 5.37. The summed E-state index contributed by atoms with van der Waals surface area (Å²) in [6.45, 7) is 1.62. The normalized spacial score (nSPS) is 11.1. The Morgan fingerprint density at radius 3 is 2.40 bits per heavy atom. The van der Waals surface area contributed by atoms with Crippen LogP contribution in [-0.2, 0) is 12.7 Å². The van der Waals surface area contributed by atoms with Crippen molar-refractivity contribution in [2.75, 3.05) is 0 Å². The Morgan fingerprint density at radius 1 is 1.06 bits per heavy atom. The number of benzene rings is 2. The van der Waals surface area contributed by atoms with Gasteiger partial charge >= 0.3 is 12.1 Å². The molecule has 2 aromatic heterocycles. The second-order valence-electron chi connectivity index (χ2n) is 7.54. The molecule has 0 aliphatic carbocycles. The number of thiazole rings is 1. The van der Waals surface area contributed by atoms with Crippen LogP contribution in [0.5, 0.6) is 0 Å². The van der Waals surface area contributed by atoms with Gasteiger partial charge in [-0.25, -0.2) is 9.78 Å². The van der Waals surface area contributed by atoms with E-state index in [0.717, 1.165) is 12.1 Å². The van der Waals surface area contributed by atoms with E-state index < -0.39 is 17.7 Å². The molecule has 0 aliphatic rings. The highest BCUT2D eigenvalue weighted by molar-refractivity contribution is 7.09. The molecule has 4 rings (SSSR count). The smallest absolute Gasteiger partial charge is 0.416 e. The largest absolute Gasteiger partial charge is 0.478 e. The molecule has 0 atom stereocenters. The Labute approximate surface area is 201 Å². The molecular formula is C25H16F3N3O3S. The Hall–Kier alpha value is -4.23. The second kappa shape index (κ2) is 9.56. The summed E-state index contributed by atoms with van der Waals surface area (Å²) in [4.78, 5) is 26.8. The average molecular weight is 495 g/mol. The van der Waals surface area contributed by atoms with Crippen LogP contribution in [0.25, 0.3) is 11.3 Å². The van der Waals surface area contributed by atoms with Crippen LogP contribution in [0.1, 0.15) is 49.3 Å². The van der Waals surface area contributed by atoms with Crippen molar-refractivity contribution >= 4 is 23.1 Å². The molecular weight excluding hydrogens is 479 g/mol. The number of carbonyl (C=O) groups is 2. The van der Waals surface area contributed by atoms with Crippen molar-refractivity contribution in [3.05, 3.63) is 93.1 Å². The van der Waals surface area contributed by atoms with E-state index in [1.807, 2.05) is 0 Å². The summed E-state index contributed by atoms with van der Waals surface area (Å²) in [6, 6.07) is 10.0. The molecule has 0 amide bonds. The average Bonchev–Trinajstić information content (AvgIpc) is 3.47. The fourth-order valence-corrected chi connectivity index (χ4v) is 3.95. The van der Waals surface area contributed by atoms with E-state index in [-0.39, 0.29) is 29.0 Å². The molecule has 4 aromatic rings. The Morgan fingerprint density at radius 2 is 1.77 bits per heavy atom. The number of carboxylic acid groups (broad SMARTS) is 1. The molecule has 2 heterocycles. The molecule has 1 N–H and O–H groups in total. The number of hydrogen-bond acceptors (Lipinski definition) is 5. The minimum atomic E-state index is -4.57. The number of Topliss-reactive ketones (excluding diaryl/α,β-unsaturated/α-hetero) is 1. The highest BCUT2D eigenvalue weighted by Gasteiger charge is 2.31. The molecule has 0 unspecified atom stereocenters. The van der Waals surface area contributed by atoms with E-state index in [1.165, 1.54) is 41.4 Å². The summed E-state index contributed by atoms with van der Waals surface area (Å²) >= 11 is 1.23. The molecule has 6 nitrogen and oxygen atoms in total. The predicted molar refractivity (Wildman–Crippen MR) is 123 cm³/mol. The van der Waals surface area contributed by atoms with Gasteiger partial charge in [-0.1, -0.05) is 24.0 Å². The maximum atomic E-state index is 13.5. The first kappa shape index (κ1) is 23.9. The lowest BCUT2D eigenvalue weighted by atomic mass is 10.0. The minimum absolute atomic E-state index is 0.0267. The quantitative estimate of drug-likeness (QED) is 0.297. The van der Waals surface area contributed by atoms with Crippen LogP contribution in [0.4, 0.5) is 13.2 Å². The van der Waals surface area contributed by atoms with Crippen LogP contribution >= 0.6 is 11.3 Å². The van der Waals surface area contributed by atoms with Gasteiger partial charge in [0.05, 0.1) is 29.6 Å². The first-order valence-electron chi connectivity index (χ1n) is 10.1. The van der Waals surface area contributed by atoms with E-state index in [0.29, 0.717) is 21.8 Å². The van der Waals surface area contributed by atoms with Crippen molar-refractivity contribution in [2.45, 2.75) is 19.6 Å². The molecule has 0 aliphatic heterocycles. The molecule has 0 radical (unpaired) electrons. The summed E-state index contributed by atoms with van der Waals surface area (Å²) in [7, 11) is 0. The lowest BCUT2D eigenvalue weighted by Crippen LogP contribution is -2.05. The van der Waals surface area contributed by atoms with Gasteiger partial charge < -0.3 is 5.11 Å². The number of aromatic carboxylic acids is 1. The number of alkyl halides is 3. The lowest BCUT2D eigenvalue weighted by molar-refractivity contribution is -0.137. The molecule has 0 saturated carbocycles. The fourth-order valence-electron chi connectivity index (χ4n) is 3.16. The number of hydrogen-bond donors (Lipinski definition) is 1. The topological polar surface area (TPSA) is 85.1 Å². The Kier molecular flexibility index (Phi) is 6.53. The third-order valence-electron chi connectivity index (χ3n) is 4.93. The van der Waals surface area contributed by atoms with Gasteiger partial charge in [-0.3, -0.25) is 9.48 Å². The van der Waals surface area contributed by atoms with Crippen LogP contribution in [0.3, 0.4) is 0 Å². The summed E-state index contributed by atoms with van der Waals surface area (Å²) in [5, 5.41) is 15.1. The van der Waals surface area contributed by atoms with Crippen LogP contribution in [-0.4, -0.2) is 31.6 Å². The number of halogens is 3. The third-order valence-corrected chi connectivity index (χ3v) is 5.76. The van der Waals surface area contributed by atoms with Crippen molar-refractivity contribution in [3.63, 3.8) is 0 Å². The maximum absolute atomic E-state index is 13.5. The van der Waals surface area contributed by atoms with Gasteiger partial charge in [0.2, 0.25) is 0 Å². The zero-order valence-electron chi connectivity index (χ0n) is 18.1. The number of carboxylic acids is 1. The molecule has 2 aromatic carbocycles. The molecule has 35 heavy (non-hydrogen) atoms. The Bertz CT molecular complexity index is 1480. The first-order valence-corrected chi connectivity index (χ1v) is 11.0. The molecule has 0 fully saturated rings. The van der Waals surface area contributed by atoms with Gasteiger partial charge in [-0.15, -0.1) is 11.3 Å². The highest BCUT2D eigenvalue weighted by atomic mass is 32.1. The fraction of sp³-hybridized carbons (Fsp3) is 0.120. The summed E-state index contributed by atoms with van der Waals surface area (Å²) < 4.78 is 42.0. The monoisotopic (exact) mass is 495 g/mol. The number of aromatic nitrogens is 3. The van der Waals surface area contributed by atoms with Crippen LogP contribution < -0.4 is 0 Å². The maximum Gasteiger partial charge on any atom is 0.416 e. The number of carbonyl (C=O) groups excluding carboxylic acids is 1. The minimum Gasteiger partial charge on any atom is -0.478 e. The van der Waals surface area contributed by atoms with Crippen molar-refractivity contribution in [1.82, 2.24) is 14.8 Å². The van der Waals surface area contributed by atoms with Gasteiger partial charge in [-0.2, -0.15) is 18.3 Å². The van der Waals surface area contributed by atoms with Crippen LogP contribution in [0, 0.1) is 11.8 Å². The molecule has 0 spiro atoms. The third kappa shape index (κ3) is 5.83. The summed E-state index contributed by atoms with van der Waals surface area (Å²) in [5.74, 6) is 4.39. The molecule has 0 bridgehead atoms. The van der Waals surface area contributed by atoms with E-state index >= 15 is 0 Å². The van der Waals surface area contributed by atoms with Gasteiger partial charge in [-0.05, 0) is 37.3 Å². The van der Waals surface area contributed by atoms with Crippen molar-refractivity contribution < 1.29 is 27.9 Å². The number of rotatable bonds is 5. The van der Waals surface area contributed by atoms with Gasteiger partial charge in [0, 0.05) is 33.8 Å². The van der Waals surface area contributed by atoms with Gasteiger partial charge in [0.1, 0.15) is 5.01 Å². The lowest BCUT2D eigenvalue weighted by Gasteiger charge is -2.09. The zero-order chi connectivity index (χ0) is 25.2. The van der Waals surface area contributed by atoms with E-state index in [1.54, 1.807) is 29.6 Å². The van der Waals surface area contributed by atoms with E-state index in [2.05, 4.69) is 21.9 Å². The zero-order valence-corrected chi connectivity index (χ0v) is 18.9. The SMILES string of the molecule is CC(=O)c1ccc(C#Cc2cc(-c3csc(Cn4cc(C(=O)O)cn4)n3)cc(C(F)(F)F)c2)cc1. The van der Waals surface area contributed by atoms with Crippen molar-refractivity contribution in [2.24, 2.45) is 0 Å². The first-order chi connectivity index (χ1) is 16.6. The van der Waals surface area contributed by atoms with E-state index in [4.69, 9.17) is 5.11 Å². The van der Waals surface area contributed by atoms with Crippen molar-refractivity contribution in [3.8, 4) is 23.1 Å². The molecule has 176 valence electrons. The summed E-state index contributed by atoms with van der Waals surface area (Å²) in [6.07, 6.45) is -2.01. The van der Waals surface area contributed by atoms with Crippen LogP contribution in [0.15, 0.2) is 60.2 Å².